The van der Waals surface area contributed by atoms with Gasteiger partial charge in [-0.25, -0.2) is 9.78 Å². The molecule has 0 saturated heterocycles. The van der Waals surface area contributed by atoms with Gasteiger partial charge in [-0.3, -0.25) is 9.48 Å². The number of thiazole rings is 1. The molecule has 106 valence electrons. The molecule has 8 heteroatoms. The van der Waals surface area contributed by atoms with Crippen molar-refractivity contribution in [2.75, 3.05) is 0 Å². The monoisotopic (exact) mass is 294 g/mol. The van der Waals surface area contributed by atoms with E-state index in [9.17, 15) is 9.59 Å². The predicted molar refractivity (Wildman–Crippen MR) is 72.8 cm³/mol. The first-order chi connectivity index (χ1) is 9.51. The van der Waals surface area contributed by atoms with Crippen LogP contribution in [0.4, 0.5) is 0 Å². The van der Waals surface area contributed by atoms with Crippen LogP contribution in [0.2, 0.25) is 0 Å². The third-order valence-electron chi connectivity index (χ3n) is 2.66. The third kappa shape index (κ3) is 3.02. The van der Waals surface area contributed by atoms with Crippen LogP contribution >= 0.6 is 11.3 Å². The first-order valence-electron chi connectivity index (χ1n) is 5.99. The van der Waals surface area contributed by atoms with Gasteiger partial charge in [0.1, 0.15) is 5.01 Å². The van der Waals surface area contributed by atoms with Gasteiger partial charge in [-0.1, -0.05) is 6.92 Å². The SMILES string of the molecule is CCc1nn(C)cc1C(=O)NCc1nc(C(=O)O)cs1. The van der Waals surface area contributed by atoms with E-state index in [1.165, 1.54) is 16.7 Å². The van der Waals surface area contributed by atoms with Crippen molar-refractivity contribution in [1.82, 2.24) is 20.1 Å². The highest BCUT2D eigenvalue weighted by molar-refractivity contribution is 7.09. The maximum atomic E-state index is 12.0. The van der Waals surface area contributed by atoms with Crippen LogP contribution in [0.5, 0.6) is 0 Å². The van der Waals surface area contributed by atoms with Crippen LogP contribution < -0.4 is 5.32 Å². The number of aryl methyl sites for hydroxylation is 2. The summed E-state index contributed by atoms with van der Waals surface area (Å²) in [7, 11) is 1.76. The second-order valence-corrected chi connectivity index (χ2v) is 5.07. The van der Waals surface area contributed by atoms with Crippen molar-refractivity contribution in [2.24, 2.45) is 7.05 Å². The Balaban J connectivity index is 2.02. The third-order valence-corrected chi connectivity index (χ3v) is 3.50. The molecular weight excluding hydrogens is 280 g/mol. The molecule has 0 saturated carbocycles. The molecule has 0 unspecified atom stereocenters. The van der Waals surface area contributed by atoms with Crippen LogP contribution in [-0.4, -0.2) is 31.7 Å². The summed E-state index contributed by atoms with van der Waals surface area (Å²) in [5.41, 5.74) is 1.26. The fraction of sp³-hybridized carbons (Fsp3) is 0.333. The Morgan fingerprint density at radius 3 is 2.85 bits per heavy atom. The maximum Gasteiger partial charge on any atom is 0.355 e. The molecule has 1 amide bonds. The smallest absolute Gasteiger partial charge is 0.355 e. The zero-order valence-corrected chi connectivity index (χ0v) is 11.9. The summed E-state index contributed by atoms with van der Waals surface area (Å²) < 4.78 is 1.60. The highest BCUT2D eigenvalue weighted by atomic mass is 32.1. The molecular formula is C12H14N4O3S. The molecule has 0 radical (unpaired) electrons. The Bertz CT molecular complexity index is 647. The minimum absolute atomic E-state index is 0.00475. The van der Waals surface area contributed by atoms with Crippen molar-refractivity contribution in [3.63, 3.8) is 0 Å². The van der Waals surface area contributed by atoms with Gasteiger partial charge in [0.25, 0.3) is 5.91 Å². The lowest BCUT2D eigenvalue weighted by Crippen LogP contribution is -2.23. The van der Waals surface area contributed by atoms with Crippen LogP contribution in [0.1, 0.15) is 38.5 Å². The van der Waals surface area contributed by atoms with Crippen molar-refractivity contribution in [2.45, 2.75) is 19.9 Å². The molecule has 0 aromatic carbocycles. The Morgan fingerprint density at radius 1 is 1.50 bits per heavy atom. The van der Waals surface area contributed by atoms with Crippen LogP contribution in [0, 0.1) is 0 Å². The normalized spacial score (nSPS) is 10.5. The molecule has 0 aliphatic rings. The van der Waals surface area contributed by atoms with E-state index in [4.69, 9.17) is 5.11 Å². The van der Waals surface area contributed by atoms with Gasteiger partial charge in [0.05, 0.1) is 17.8 Å². The van der Waals surface area contributed by atoms with E-state index in [0.717, 1.165) is 5.69 Å². The Labute approximate surface area is 119 Å². The summed E-state index contributed by atoms with van der Waals surface area (Å²) in [6.45, 7) is 2.13. The first kappa shape index (κ1) is 14.2. The summed E-state index contributed by atoms with van der Waals surface area (Å²) in [6.07, 6.45) is 2.34. The van der Waals surface area contributed by atoms with Crippen molar-refractivity contribution in [3.8, 4) is 0 Å². The molecule has 2 aromatic heterocycles. The largest absolute Gasteiger partial charge is 0.476 e. The number of hydrogen-bond acceptors (Lipinski definition) is 5. The molecule has 20 heavy (non-hydrogen) atoms. The van der Waals surface area contributed by atoms with Gasteiger partial charge >= 0.3 is 5.97 Å². The summed E-state index contributed by atoms with van der Waals surface area (Å²) >= 11 is 1.20. The highest BCUT2D eigenvalue weighted by Gasteiger charge is 2.15. The fourth-order valence-corrected chi connectivity index (χ4v) is 2.43. The second kappa shape index (κ2) is 5.83. The molecule has 7 nitrogen and oxygen atoms in total. The average molecular weight is 294 g/mol. The maximum absolute atomic E-state index is 12.0. The Kier molecular flexibility index (Phi) is 4.14. The number of carbonyl (C=O) groups excluding carboxylic acids is 1. The van der Waals surface area contributed by atoms with Crippen molar-refractivity contribution < 1.29 is 14.7 Å². The topological polar surface area (TPSA) is 97.1 Å². The van der Waals surface area contributed by atoms with E-state index < -0.39 is 5.97 Å². The molecule has 0 fully saturated rings. The van der Waals surface area contributed by atoms with E-state index in [2.05, 4.69) is 15.4 Å². The van der Waals surface area contributed by atoms with E-state index in [0.29, 0.717) is 17.0 Å². The quantitative estimate of drug-likeness (QED) is 0.859. The number of carboxylic acids is 1. The van der Waals surface area contributed by atoms with E-state index in [1.54, 1.807) is 17.9 Å². The number of nitrogens with one attached hydrogen (secondary N) is 1. The molecule has 2 aromatic rings. The second-order valence-electron chi connectivity index (χ2n) is 4.13. The zero-order valence-electron chi connectivity index (χ0n) is 11.1. The predicted octanol–water partition coefficient (Wildman–Crippen LogP) is 1.07. The molecule has 0 atom stereocenters. The number of nitrogens with zero attached hydrogens (tertiary/aromatic N) is 3. The van der Waals surface area contributed by atoms with Crippen LogP contribution in [0.15, 0.2) is 11.6 Å². The van der Waals surface area contributed by atoms with E-state index in [1.807, 2.05) is 6.92 Å². The first-order valence-corrected chi connectivity index (χ1v) is 6.87. The van der Waals surface area contributed by atoms with Crippen LogP contribution in [-0.2, 0) is 20.0 Å². The number of carbonyl (C=O) groups is 2. The summed E-state index contributed by atoms with van der Waals surface area (Å²) in [6, 6.07) is 0. The Morgan fingerprint density at radius 2 is 2.25 bits per heavy atom. The van der Waals surface area contributed by atoms with Gasteiger partial charge < -0.3 is 10.4 Å². The van der Waals surface area contributed by atoms with Gasteiger partial charge in [0.15, 0.2) is 5.69 Å². The highest BCUT2D eigenvalue weighted by Crippen LogP contribution is 2.11. The lowest BCUT2D eigenvalue weighted by Gasteiger charge is -2.02. The van der Waals surface area contributed by atoms with Gasteiger partial charge in [0, 0.05) is 18.6 Å². The number of hydrogen-bond donors (Lipinski definition) is 2. The van der Waals surface area contributed by atoms with Gasteiger partial charge in [-0.2, -0.15) is 5.10 Å². The van der Waals surface area contributed by atoms with Gasteiger partial charge in [-0.15, -0.1) is 11.3 Å². The van der Waals surface area contributed by atoms with Crippen molar-refractivity contribution >= 4 is 23.2 Å². The number of aromatic nitrogens is 3. The van der Waals surface area contributed by atoms with Crippen LogP contribution in [0.3, 0.4) is 0 Å². The van der Waals surface area contributed by atoms with Gasteiger partial charge in [0.2, 0.25) is 0 Å². The molecule has 0 aliphatic heterocycles. The lowest BCUT2D eigenvalue weighted by atomic mass is 10.2. The molecule has 2 rings (SSSR count). The minimum Gasteiger partial charge on any atom is -0.476 e. The molecule has 2 heterocycles. The van der Waals surface area contributed by atoms with Crippen molar-refractivity contribution in [1.29, 1.82) is 0 Å². The van der Waals surface area contributed by atoms with Crippen molar-refractivity contribution in [3.05, 3.63) is 33.5 Å². The zero-order chi connectivity index (χ0) is 14.7. The van der Waals surface area contributed by atoms with Gasteiger partial charge in [-0.05, 0) is 6.42 Å². The van der Waals surface area contributed by atoms with Crippen LogP contribution in [0.25, 0.3) is 0 Å². The minimum atomic E-state index is -1.07. The van der Waals surface area contributed by atoms with E-state index in [-0.39, 0.29) is 18.1 Å². The summed E-state index contributed by atoms with van der Waals surface area (Å²) in [4.78, 5) is 26.7. The number of amides is 1. The Hall–Kier alpha value is -2.22. The van der Waals surface area contributed by atoms with E-state index >= 15 is 0 Å². The number of rotatable bonds is 5. The molecule has 0 spiro atoms. The lowest BCUT2D eigenvalue weighted by molar-refractivity contribution is 0.0691. The standard InChI is InChI=1S/C12H14N4O3S/c1-3-8-7(5-16(2)15-8)11(17)13-4-10-14-9(6-20-10)12(18)19/h5-6H,3-4H2,1-2H3,(H,13,17)(H,18,19). The summed E-state index contributed by atoms with van der Waals surface area (Å²) in [5, 5.41) is 17.7. The fourth-order valence-electron chi connectivity index (χ4n) is 1.73. The summed E-state index contributed by atoms with van der Waals surface area (Å²) in [5.74, 6) is -1.30. The average Bonchev–Trinajstić information content (AvgIpc) is 3.02. The molecule has 0 aliphatic carbocycles. The molecule has 0 bridgehead atoms. The molecule has 2 N–H and O–H groups in total. The number of carboxylic acid groups (broad SMARTS) is 1. The number of aromatic carboxylic acids is 1.